The van der Waals surface area contributed by atoms with E-state index in [1.807, 2.05) is 82.3 Å². The number of aliphatic hydroxyl groups excluding tert-OH is 1. The number of rotatable bonds is 23. The van der Waals surface area contributed by atoms with Crippen LogP contribution < -0.4 is 26.0 Å². The largest absolute Gasteiger partial charge is 0.489 e. The van der Waals surface area contributed by atoms with Crippen molar-refractivity contribution >= 4 is 79.5 Å². The number of nitrogens with zero attached hydrogens (tertiary/aromatic N) is 5. The molecule has 2 saturated heterocycles. The molecule has 426 valence electrons. The third-order valence-corrected chi connectivity index (χ3v) is 18.0. The molecule has 79 heavy (non-hydrogen) atoms. The highest BCUT2D eigenvalue weighted by Crippen LogP contribution is 2.39. The molecule has 0 spiro atoms. The van der Waals surface area contributed by atoms with E-state index in [1.165, 1.54) is 11.1 Å². The average Bonchev–Trinajstić information content (AvgIpc) is 4.05. The molecular weight excluding hydrogens is 1060 g/mol. The lowest BCUT2D eigenvalue weighted by atomic mass is 9.85. The Kier molecular flexibility index (Phi) is 20.6. The molecule has 7 rings (SSSR count). The molecule has 0 aliphatic carbocycles. The van der Waals surface area contributed by atoms with Gasteiger partial charge in [-0.25, -0.2) is 18.4 Å². The van der Waals surface area contributed by atoms with Gasteiger partial charge in [-0.15, -0.1) is 11.3 Å². The van der Waals surface area contributed by atoms with E-state index in [4.69, 9.17) is 16.3 Å². The third-order valence-electron chi connectivity index (χ3n) is 14.6. The van der Waals surface area contributed by atoms with Gasteiger partial charge in [-0.2, -0.15) is 4.98 Å². The Labute approximate surface area is 475 Å². The monoisotopic (exact) mass is 1140 g/mol. The Bertz CT molecular complexity index is 3050. The number of amides is 4. The summed E-state index contributed by atoms with van der Waals surface area (Å²) in [6, 6.07) is 16.9. The minimum Gasteiger partial charge on any atom is -0.489 e. The van der Waals surface area contributed by atoms with Crippen LogP contribution in [0, 0.1) is 19.3 Å². The summed E-state index contributed by atoms with van der Waals surface area (Å²) in [5.41, 5.74) is 7.31. The maximum atomic E-state index is 14.1. The minimum atomic E-state index is -3.60. The molecule has 0 radical (unpaired) electrons. The van der Waals surface area contributed by atoms with Crippen LogP contribution in [0.15, 0.2) is 77.3 Å². The second-order valence-electron chi connectivity index (χ2n) is 22.5. The van der Waals surface area contributed by atoms with Crippen molar-refractivity contribution < 1.29 is 37.4 Å². The van der Waals surface area contributed by atoms with Gasteiger partial charge >= 0.3 is 0 Å². The van der Waals surface area contributed by atoms with Crippen molar-refractivity contribution in [1.29, 1.82) is 0 Å². The molecule has 2 aliphatic heterocycles. The fraction of sp³-hybridized carbons (Fsp3) is 0.508. The fourth-order valence-corrected chi connectivity index (χ4v) is 12.3. The number of sulfone groups is 1. The molecule has 0 bridgehead atoms. The lowest BCUT2D eigenvalue weighted by Crippen LogP contribution is -2.57. The predicted octanol–water partition coefficient (Wildman–Crippen LogP) is 10.6. The Morgan fingerprint density at radius 1 is 0.886 bits per heavy atom. The predicted molar refractivity (Wildman–Crippen MR) is 312 cm³/mol. The van der Waals surface area contributed by atoms with E-state index in [-0.39, 0.29) is 83.3 Å². The number of halogens is 1. The van der Waals surface area contributed by atoms with Crippen molar-refractivity contribution in [2.24, 2.45) is 5.41 Å². The number of ether oxygens (including phenoxy) is 1. The number of benzene rings is 3. The van der Waals surface area contributed by atoms with Gasteiger partial charge in [-0.3, -0.25) is 19.2 Å². The molecule has 20 heteroatoms. The topological polar surface area (TPSA) is 225 Å². The Morgan fingerprint density at radius 2 is 1.57 bits per heavy atom. The van der Waals surface area contributed by atoms with Crippen LogP contribution in [0.4, 0.5) is 23.1 Å². The smallest absolute Gasteiger partial charge is 0.246 e. The number of aromatic nitrogens is 3. The second kappa shape index (κ2) is 26.9. The summed E-state index contributed by atoms with van der Waals surface area (Å²) in [6.45, 7) is 18.4. The van der Waals surface area contributed by atoms with E-state index in [0.717, 1.165) is 71.3 Å². The van der Waals surface area contributed by atoms with Gasteiger partial charge in [-0.05, 0) is 125 Å². The molecule has 1 unspecified atom stereocenters. The van der Waals surface area contributed by atoms with Gasteiger partial charge in [0.1, 0.15) is 22.9 Å². The molecule has 3 aromatic carbocycles. The van der Waals surface area contributed by atoms with Crippen LogP contribution in [0.2, 0.25) is 5.02 Å². The number of aryl methyl sites for hydroxylation is 2. The maximum absolute atomic E-state index is 14.1. The maximum Gasteiger partial charge on any atom is 0.246 e. The third kappa shape index (κ3) is 15.8. The quantitative estimate of drug-likeness (QED) is 0.0384. The zero-order valence-corrected chi connectivity index (χ0v) is 49.4. The van der Waals surface area contributed by atoms with Crippen molar-refractivity contribution in [3.63, 3.8) is 0 Å². The standard InChI is InChI=1S/C59H78ClN9O8S2/c1-36(2)77-49-31-44(38(5)29-47(49)65-58-62-33-45(60)55(67-58)64-46-17-15-16-18-50(46)79(75,76)37(3)4)41-25-27-68(28-26-41)52(72)20-14-12-10-11-13-19-51(71)66-54(59(7,8)9)57(74)69-34-43(70)30-48(69)56(73)61-32-40-21-23-42(24-22-40)53-39(6)63-35-78-53/h15-18,21-24,29,31,33,35-37,41,43,48,54,70H,10-14,19-20,25-28,30,32,34H2,1-9H3,(H,61,73)(H,66,71)(H2,62,64,65,67)/t43-,48+,54?/m1/s1. The molecule has 5 aromatic rings. The summed E-state index contributed by atoms with van der Waals surface area (Å²) in [6.07, 6.45) is 6.84. The van der Waals surface area contributed by atoms with E-state index >= 15 is 0 Å². The van der Waals surface area contributed by atoms with Crippen molar-refractivity contribution in [1.82, 2.24) is 35.4 Å². The molecule has 3 atom stereocenters. The summed E-state index contributed by atoms with van der Waals surface area (Å²) in [7, 11) is -3.60. The number of thiazole rings is 1. The van der Waals surface area contributed by atoms with Gasteiger partial charge in [0, 0.05) is 45.4 Å². The number of β-amino-alcohol motifs (C(OH)–C–C–N with tert-alkyl or cyclic N) is 1. The van der Waals surface area contributed by atoms with E-state index in [1.54, 1.807) is 49.4 Å². The number of piperidine rings is 1. The molecular formula is C59H78ClN9O8S2. The molecule has 4 amide bonds. The fourth-order valence-electron chi connectivity index (χ4n) is 10.1. The summed E-state index contributed by atoms with van der Waals surface area (Å²) in [5.74, 6) is 0.502. The lowest BCUT2D eigenvalue weighted by Gasteiger charge is -2.35. The van der Waals surface area contributed by atoms with E-state index in [0.29, 0.717) is 43.1 Å². The number of nitrogens with one attached hydrogen (secondary N) is 4. The average molecular weight is 1140 g/mol. The number of likely N-dealkylation sites (tertiary alicyclic amines) is 2. The van der Waals surface area contributed by atoms with Crippen LogP contribution in [0.25, 0.3) is 10.4 Å². The number of carbonyl (C=O) groups excluding carboxylic acids is 4. The normalized spacial score (nSPS) is 16.5. The highest BCUT2D eigenvalue weighted by Gasteiger charge is 2.44. The molecule has 5 N–H and O–H groups in total. The summed E-state index contributed by atoms with van der Waals surface area (Å²) < 4.78 is 32.6. The number of aliphatic hydroxyl groups is 1. The van der Waals surface area contributed by atoms with Gasteiger partial charge in [0.2, 0.25) is 29.6 Å². The first-order valence-corrected chi connectivity index (χ1v) is 30.3. The van der Waals surface area contributed by atoms with Crippen LogP contribution in [0.3, 0.4) is 0 Å². The van der Waals surface area contributed by atoms with Crippen LogP contribution in [0.5, 0.6) is 5.75 Å². The first-order chi connectivity index (χ1) is 37.5. The van der Waals surface area contributed by atoms with E-state index in [9.17, 15) is 32.7 Å². The van der Waals surface area contributed by atoms with Gasteiger partial charge in [0.15, 0.2) is 15.7 Å². The van der Waals surface area contributed by atoms with Crippen molar-refractivity contribution in [2.45, 2.75) is 173 Å². The molecule has 0 saturated carbocycles. The van der Waals surface area contributed by atoms with Crippen LogP contribution in [-0.2, 0) is 35.6 Å². The second-order valence-corrected chi connectivity index (χ2v) is 26.2. The number of para-hydroxylation sites is 1. The number of hydrogen-bond acceptors (Lipinski definition) is 14. The SMILES string of the molecule is Cc1cc(Nc2ncc(Cl)c(Nc3ccccc3S(=O)(=O)C(C)C)n2)c(OC(C)C)cc1C1CCN(C(=O)CCCCCCCC(=O)NC(C(=O)N2C[C@H](O)C[C@H]2C(=O)NCc2ccc(-c3scnc3C)cc2)C(C)(C)C)CC1. The molecule has 4 heterocycles. The molecule has 17 nitrogen and oxygen atoms in total. The number of unbranched alkanes of at least 4 members (excludes halogenated alkanes) is 4. The van der Waals surface area contributed by atoms with Gasteiger partial charge in [0.25, 0.3) is 0 Å². The highest BCUT2D eigenvalue weighted by molar-refractivity contribution is 7.92. The van der Waals surface area contributed by atoms with Gasteiger partial charge in [0.05, 0.1) is 56.0 Å². The number of anilines is 4. The minimum absolute atomic E-state index is 0.00689. The van der Waals surface area contributed by atoms with Crippen molar-refractivity contribution in [3.05, 3.63) is 99.8 Å². The Balaban J connectivity index is 0.836. The Hall–Kier alpha value is -6.15. The summed E-state index contributed by atoms with van der Waals surface area (Å²) in [4.78, 5) is 72.3. The first-order valence-electron chi connectivity index (χ1n) is 27.5. The van der Waals surface area contributed by atoms with Gasteiger partial charge < -0.3 is 40.9 Å². The zero-order valence-electron chi connectivity index (χ0n) is 47.0. The summed E-state index contributed by atoms with van der Waals surface area (Å²) in [5, 5.41) is 22.6. The van der Waals surface area contributed by atoms with E-state index in [2.05, 4.69) is 49.2 Å². The lowest BCUT2D eigenvalue weighted by molar-refractivity contribution is -0.144. The van der Waals surface area contributed by atoms with Crippen LogP contribution in [-0.4, -0.2) is 111 Å². The van der Waals surface area contributed by atoms with Crippen molar-refractivity contribution in [3.8, 4) is 16.2 Å². The highest BCUT2D eigenvalue weighted by atomic mass is 35.5. The van der Waals surface area contributed by atoms with E-state index < -0.39 is 38.7 Å². The van der Waals surface area contributed by atoms with Gasteiger partial charge in [-0.1, -0.05) is 88.0 Å². The molecule has 2 aliphatic rings. The van der Waals surface area contributed by atoms with Crippen LogP contribution in [0.1, 0.15) is 141 Å². The zero-order chi connectivity index (χ0) is 57.2. The number of hydrogen-bond donors (Lipinski definition) is 5. The van der Waals surface area contributed by atoms with Crippen LogP contribution >= 0.6 is 22.9 Å². The molecule has 2 aromatic heterocycles. The Morgan fingerprint density at radius 3 is 2.23 bits per heavy atom. The first kappa shape index (κ1) is 60.5. The number of carbonyl (C=O) groups is 4. The molecule has 2 fully saturated rings. The summed E-state index contributed by atoms with van der Waals surface area (Å²) >= 11 is 8.10. The van der Waals surface area contributed by atoms with Crippen molar-refractivity contribution in [2.75, 3.05) is 30.3 Å².